The van der Waals surface area contributed by atoms with Crippen LogP contribution in [0.15, 0.2) is 48.5 Å². The second-order valence-corrected chi connectivity index (χ2v) is 5.76. The highest BCUT2D eigenvalue weighted by atomic mass is 35.5. The molecule has 0 spiro atoms. The van der Waals surface area contributed by atoms with Gasteiger partial charge in [0.2, 0.25) is 0 Å². The average molecular weight is 406 g/mol. The summed E-state index contributed by atoms with van der Waals surface area (Å²) in [5, 5.41) is 18.5. The molecule has 148 valence electrons. The number of nitrogens with two attached hydrogens (primary N) is 1. The van der Waals surface area contributed by atoms with Crippen molar-refractivity contribution in [3.8, 4) is 5.75 Å². The van der Waals surface area contributed by atoms with E-state index in [0.29, 0.717) is 22.4 Å². The van der Waals surface area contributed by atoms with Crippen LogP contribution in [0.3, 0.4) is 0 Å². The van der Waals surface area contributed by atoms with Gasteiger partial charge in [-0.05, 0) is 43.3 Å². The van der Waals surface area contributed by atoms with E-state index >= 15 is 0 Å². The van der Waals surface area contributed by atoms with Crippen LogP contribution in [0.1, 0.15) is 33.2 Å². The van der Waals surface area contributed by atoms with Gasteiger partial charge in [-0.3, -0.25) is 15.0 Å². The number of carboxylic acid groups (broad SMARTS) is 1. The number of carbonyl (C=O) groups excluding carboxylic acids is 2. The van der Waals surface area contributed by atoms with Crippen LogP contribution in [0.4, 0.5) is 0 Å². The number of rotatable bonds is 8. The molecule has 0 saturated heterocycles. The highest BCUT2D eigenvalue weighted by molar-refractivity contribution is 6.04. The van der Waals surface area contributed by atoms with Crippen molar-refractivity contribution < 1.29 is 24.2 Å². The Kier molecular flexibility index (Phi) is 8.15. The predicted molar refractivity (Wildman–Crippen MR) is 106 cm³/mol. The zero-order chi connectivity index (χ0) is 20.0. The van der Waals surface area contributed by atoms with Gasteiger partial charge in [0.15, 0.2) is 12.4 Å². The van der Waals surface area contributed by atoms with E-state index in [1.165, 1.54) is 36.4 Å². The monoisotopic (exact) mass is 405 g/mol. The van der Waals surface area contributed by atoms with Crippen molar-refractivity contribution in [2.24, 2.45) is 5.73 Å². The molecule has 0 aliphatic carbocycles. The maximum absolute atomic E-state index is 12.4. The van der Waals surface area contributed by atoms with E-state index in [-0.39, 0.29) is 24.0 Å². The summed E-state index contributed by atoms with van der Waals surface area (Å²) in [5.41, 5.74) is 6.57. The molecule has 1 atom stereocenters. The van der Waals surface area contributed by atoms with E-state index in [9.17, 15) is 14.4 Å². The Hall–Kier alpha value is -3.39. The van der Waals surface area contributed by atoms with Crippen LogP contribution in [-0.4, -0.2) is 41.3 Å². The lowest BCUT2D eigenvalue weighted by Gasteiger charge is -2.13. The number of nitrogens with one attached hydrogen (secondary N) is 2. The molecule has 9 heteroatoms. The Bertz CT molecular complexity index is 866. The molecule has 0 aromatic heterocycles. The third kappa shape index (κ3) is 6.10. The van der Waals surface area contributed by atoms with E-state index in [1.807, 2.05) is 0 Å². The number of aliphatic carboxylic acids is 1. The van der Waals surface area contributed by atoms with Gasteiger partial charge in [-0.1, -0.05) is 12.1 Å². The summed E-state index contributed by atoms with van der Waals surface area (Å²) in [6.07, 6.45) is 0. The minimum atomic E-state index is -1.09. The molecule has 2 aromatic carbocycles. The fraction of sp³-hybridized carbons (Fsp3) is 0.158. The van der Waals surface area contributed by atoms with E-state index in [4.69, 9.17) is 21.0 Å². The summed E-state index contributed by atoms with van der Waals surface area (Å²) in [5.74, 6) is -1.58. The van der Waals surface area contributed by atoms with Crippen molar-refractivity contribution in [2.45, 2.75) is 13.0 Å². The van der Waals surface area contributed by atoms with Crippen LogP contribution in [-0.2, 0) is 4.79 Å². The van der Waals surface area contributed by atoms with Gasteiger partial charge in [0.25, 0.3) is 5.91 Å². The minimum absolute atomic E-state index is 0. The smallest absolute Gasteiger partial charge is 0.341 e. The average Bonchev–Trinajstić information content (AvgIpc) is 2.66. The van der Waals surface area contributed by atoms with Crippen LogP contribution in [0.25, 0.3) is 0 Å². The second kappa shape index (κ2) is 10.1. The molecular formula is C19H20ClN3O5. The number of amidine groups is 1. The number of hydrogen-bond acceptors (Lipinski definition) is 5. The maximum Gasteiger partial charge on any atom is 0.341 e. The molecule has 2 aromatic rings. The molecule has 0 aliphatic rings. The number of amides is 1. The maximum atomic E-state index is 12.4. The molecule has 5 N–H and O–H groups in total. The molecule has 0 unspecified atom stereocenters. The van der Waals surface area contributed by atoms with E-state index < -0.39 is 24.5 Å². The zero-order valence-electron chi connectivity index (χ0n) is 15.0. The lowest BCUT2D eigenvalue weighted by atomic mass is 10.0. The quantitative estimate of drug-likeness (QED) is 0.300. The highest BCUT2D eigenvalue weighted by Crippen LogP contribution is 2.14. The first kappa shape index (κ1) is 22.7. The first-order valence-corrected chi connectivity index (χ1v) is 8.02. The first-order chi connectivity index (χ1) is 12.8. The number of benzene rings is 2. The number of nitrogen functional groups attached to an aromatic ring is 1. The Balaban J connectivity index is 0.00000392. The molecule has 0 heterocycles. The molecule has 28 heavy (non-hydrogen) atoms. The molecule has 8 nitrogen and oxygen atoms in total. The van der Waals surface area contributed by atoms with Gasteiger partial charge in [-0.2, -0.15) is 0 Å². The Labute approximate surface area is 167 Å². The number of ether oxygens (including phenoxy) is 1. The molecule has 1 amide bonds. The van der Waals surface area contributed by atoms with Crippen LogP contribution in [0.2, 0.25) is 0 Å². The molecule has 0 fully saturated rings. The summed E-state index contributed by atoms with van der Waals surface area (Å²) in [7, 11) is 0. The third-order valence-corrected chi connectivity index (χ3v) is 3.70. The van der Waals surface area contributed by atoms with E-state index in [0.717, 1.165) is 0 Å². The molecule has 2 rings (SSSR count). The van der Waals surface area contributed by atoms with Gasteiger partial charge in [0.1, 0.15) is 11.6 Å². The second-order valence-electron chi connectivity index (χ2n) is 5.76. The van der Waals surface area contributed by atoms with Crippen molar-refractivity contribution in [2.75, 3.05) is 6.61 Å². The Morgan fingerprint density at radius 1 is 1.04 bits per heavy atom. The summed E-state index contributed by atoms with van der Waals surface area (Å²) in [6.45, 7) is 1.10. The van der Waals surface area contributed by atoms with E-state index in [1.54, 1.807) is 19.1 Å². The van der Waals surface area contributed by atoms with Crippen LogP contribution >= 0.6 is 12.4 Å². The summed E-state index contributed by atoms with van der Waals surface area (Å²) in [6, 6.07) is 11.4. The number of halogens is 1. The van der Waals surface area contributed by atoms with Crippen LogP contribution in [0, 0.1) is 5.41 Å². The van der Waals surface area contributed by atoms with Crippen LogP contribution in [0.5, 0.6) is 5.75 Å². The number of ketones is 1. The molecule has 0 bridgehead atoms. The fourth-order valence-electron chi connectivity index (χ4n) is 2.26. The zero-order valence-corrected chi connectivity index (χ0v) is 15.8. The molecule has 0 radical (unpaired) electrons. The van der Waals surface area contributed by atoms with Gasteiger partial charge < -0.3 is 20.9 Å². The normalized spacial score (nSPS) is 10.9. The van der Waals surface area contributed by atoms with Gasteiger partial charge in [-0.25, -0.2) is 4.79 Å². The number of Topliss-reactive ketones (excluding diaryl/α,β-unsaturated/α-hetero) is 1. The fourth-order valence-corrected chi connectivity index (χ4v) is 2.26. The lowest BCUT2D eigenvalue weighted by Crippen LogP contribution is -2.38. The minimum Gasteiger partial charge on any atom is -0.482 e. The topological polar surface area (TPSA) is 143 Å². The standard InChI is InChI=1S/C19H19N3O5.ClH/c1-11(22-19(26)14-4-2-13(3-5-14)18(20)21)17(25)12-6-8-15(9-7-12)27-10-16(23)24;/h2-9,11H,10H2,1H3,(H3,20,21)(H,22,26)(H,23,24);1H/t11-;/m0./s1. The van der Waals surface area contributed by atoms with Gasteiger partial charge in [-0.15, -0.1) is 12.4 Å². The Morgan fingerprint density at radius 3 is 2.04 bits per heavy atom. The van der Waals surface area contributed by atoms with Crippen LogP contribution < -0.4 is 15.8 Å². The molecule has 0 aliphatic heterocycles. The van der Waals surface area contributed by atoms with Gasteiger partial charge in [0, 0.05) is 16.7 Å². The number of carboxylic acids is 1. The molecular weight excluding hydrogens is 386 g/mol. The van der Waals surface area contributed by atoms with Crippen molar-refractivity contribution in [1.29, 1.82) is 5.41 Å². The highest BCUT2D eigenvalue weighted by Gasteiger charge is 2.18. The Morgan fingerprint density at radius 2 is 1.54 bits per heavy atom. The predicted octanol–water partition coefficient (Wildman–Crippen LogP) is 1.86. The van der Waals surface area contributed by atoms with Gasteiger partial charge in [0.05, 0.1) is 6.04 Å². The van der Waals surface area contributed by atoms with Crippen molar-refractivity contribution in [3.05, 3.63) is 65.2 Å². The van der Waals surface area contributed by atoms with Crippen molar-refractivity contribution >= 4 is 35.9 Å². The SMILES string of the molecule is C[C@H](NC(=O)c1ccc(C(=N)N)cc1)C(=O)c1ccc(OCC(=O)O)cc1.Cl. The summed E-state index contributed by atoms with van der Waals surface area (Å²) >= 11 is 0. The first-order valence-electron chi connectivity index (χ1n) is 8.02. The summed E-state index contributed by atoms with van der Waals surface area (Å²) < 4.78 is 5.01. The van der Waals surface area contributed by atoms with E-state index in [2.05, 4.69) is 5.32 Å². The van der Waals surface area contributed by atoms with Crippen molar-refractivity contribution in [3.63, 3.8) is 0 Å². The number of carbonyl (C=O) groups is 3. The summed E-state index contributed by atoms with van der Waals surface area (Å²) in [4.78, 5) is 35.2. The van der Waals surface area contributed by atoms with Gasteiger partial charge >= 0.3 is 5.97 Å². The van der Waals surface area contributed by atoms with Crippen molar-refractivity contribution in [1.82, 2.24) is 5.32 Å². The third-order valence-electron chi connectivity index (χ3n) is 3.70. The largest absolute Gasteiger partial charge is 0.482 e. The molecule has 0 saturated carbocycles. The lowest BCUT2D eigenvalue weighted by molar-refractivity contribution is -0.139. The number of hydrogen-bond donors (Lipinski definition) is 4.